The lowest BCUT2D eigenvalue weighted by Crippen LogP contribution is -2.42. The van der Waals surface area contributed by atoms with Gasteiger partial charge in [-0.3, -0.25) is 0 Å². The standard InChI is InChI=1S/C21H28FNO3/c1-2-9-26-21(24)14-11-16-19(17(22)12-14)23-18(13-6-4-3-5-7-13)15-8-10-25-20(15)16/h11-13,15,18,20,23H,2-10H2,1H3/t15-,18+,20-/m0/s1. The van der Waals surface area contributed by atoms with E-state index in [4.69, 9.17) is 9.47 Å². The lowest BCUT2D eigenvalue weighted by molar-refractivity contribution is 0.0502. The van der Waals surface area contributed by atoms with Gasteiger partial charge in [0.15, 0.2) is 0 Å². The molecule has 4 nitrogen and oxygen atoms in total. The Morgan fingerprint density at radius 1 is 1.27 bits per heavy atom. The molecule has 0 aromatic heterocycles. The molecule has 1 aromatic rings. The normalized spacial score (nSPS) is 28.2. The Kier molecular flexibility index (Phi) is 5.16. The molecular formula is C21H28FNO3. The van der Waals surface area contributed by atoms with E-state index in [9.17, 15) is 9.18 Å². The summed E-state index contributed by atoms with van der Waals surface area (Å²) in [6, 6.07) is 3.34. The highest BCUT2D eigenvalue weighted by molar-refractivity contribution is 5.90. The summed E-state index contributed by atoms with van der Waals surface area (Å²) in [7, 11) is 0. The second-order valence-electron chi connectivity index (χ2n) is 7.87. The molecule has 1 saturated heterocycles. The van der Waals surface area contributed by atoms with Crippen LogP contribution >= 0.6 is 0 Å². The quantitative estimate of drug-likeness (QED) is 0.779. The molecule has 0 amide bonds. The maximum Gasteiger partial charge on any atom is 0.338 e. The van der Waals surface area contributed by atoms with Gasteiger partial charge in [-0.1, -0.05) is 26.2 Å². The average molecular weight is 361 g/mol. The second kappa shape index (κ2) is 7.55. The number of ether oxygens (including phenoxy) is 2. The Balaban J connectivity index is 1.65. The molecule has 1 aromatic carbocycles. The Hall–Kier alpha value is -1.62. The molecule has 2 heterocycles. The van der Waals surface area contributed by atoms with Crippen LogP contribution in [-0.4, -0.2) is 25.2 Å². The lowest BCUT2D eigenvalue weighted by atomic mass is 9.73. The maximum absolute atomic E-state index is 14.9. The van der Waals surface area contributed by atoms with Gasteiger partial charge in [0.25, 0.3) is 0 Å². The third-order valence-corrected chi connectivity index (χ3v) is 6.17. The number of carbonyl (C=O) groups excluding carboxylic acids is 1. The minimum atomic E-state index is -0.461. The summed E-state index contributed by atoms with van der Waals surface area (Å²) in [4.78, 5) is 12.2. The Morgan fingerprint density at radius 3 is 2.85 bits per heavy atom. The summed E-state index contributed by atoms with van der Waals surface area (Å²) >= 11 is 0. The van der Waals surface area contributed by atoms with Crippen molar-refractivity contribution >= 4 is 11.7 Å². The van der Waals surface area contributed by atoms with Crippen molar-refractivity contribution in [3.05, 3.63) is 29.1 Å². The van der Waals surface area contributed by atoms with E-state index in [2.05, 4.69) is 5.32 Å². The van der Waals surface area contributed by atoms with E-state index in [0.717, 1.165) is 18.4 Å². The molecule has 1 saturated carbocycles. The van der Waals surface area contributed by atoms with Crippen LogP contribution in [0.2, 0.25) is 0 Å². The van der Waals surface area contributed by atoms with Gasteiger partial charge in [0.1, 0.15) is 5.82 Å². The molecular weight excluding hydrogens is 333 g/mol. The number of nitrogens with one attached hydrogen (secondary N) is 1. The zero-order valence-corrected chi connectivity index (χ0v) is 15.4. The molecule has 4 rings (SSSR count). The van der Waals surface area contributed by atoms with E-state index in [-0.39, 0.29) is 23.5 Å². The van der Waals surface area contributed by atoms with E-state index >= 15 is 0 Å². The van der Waals surface area contributed by atoms with E-state index in [1.54, 1.807) is 6.07 Å². The summed E-state index contributed by atoms with van der Waals surface area (Å²) in [5, 5.41) is 3.51. The van der Waals surface area contributed by atoms with Crippen molar-refractivity contribution in [3.63, 3.8) is 0 Å². The Bertz CT molecular complexity index is 671. The fourth-order valence-corrected chi connectivity index (χ4v) is 4.93. The molecule has 0 radical (unpaired) electrons. The molecule has 0 spiro atoms. The van der Waals surface area contributed by atoms with Gasteiger partial charge in [0.05, 0.1) is 24.0 Å². The van der Waals surface area contributed by atoms with Crippen molar-refractivity contribution in [1.82, 2.24) is 0 Å². The third kappa shape index (κ3) is 3.22. The largest absolute Gasteiger partial charge is 0.462 e. The van der Waals surface area contributed by atoms with Crippen LogP contribution in [0.1, 0.15) is 73.9 Å². The summed E-state index contributed by atoms with van der Waals surface area (Å²) in [5.74, 6) is 0.102. The van der Waals surface area contributed by atoms with Crippen LogP contribution in [0.3, 0.4) is 0 Å². The average Bonchev–Trinajstić information content (AvgIpc) is 3.16. The minimum absolute atomic E-state index is 0.119. The van der Waals surface area contributed by atoms with Crippen LogP contribution in [0.25, 0.3) is 0 Å². The molecule has 3 aliphatic rings. The number of halogens is 1. The van der Waals surface area contributed by atoms with Gasteiger partial charge in [0, 0.05) is 24.1 Å². The maximum atomic E-state index is 14.9. The van der Waals surface area contributed by atoms with Crippen molar-refractivity contribution in [1.29, 1.82) is 0 Å². The van der Waals surface area contributed by atoms with E-state index < -0.39 is 5.97 Å². The number of carbonyl (C=O) groups is 1. The fraction of sp³-hybridized carbons (Fsp3) is 0.667. The first kappa shape index (κ1) is 17.8. The summed E-state index contributed by atoms with van der Waals surface area (Å²) in [6.45, 7) is 2.99. The number of anilines is 1. The Morgan fingerprint density at radius 2 is 2.08 bits per heavy atom. The monoisotopic (exact) mass is 361 g/mol. The van der Waals surface area contributed by atoms with Crippen LogP contribution in [-0.2, 0) is 9.47 Å². The predicted octanol–water partition coefficient (Wildman–Crippen LogP) is 4.84. The van der Waals surface area contributed by atoms with Crippen molar-refractivity contribution < 1.29 is 18.7 Å². The second-order valence-corrected chi connectivity index (χ2v) is 7.87. The van der Waals surface area contributed by atoms with Gasteiger partial charge in [-0.05, 0) is 43.7 Å². The molecule has 142 valence electrons. The topological polar surface area (TPSA) is 47.6 Å². The third-order valence-electron chi connectivity index (χ3n) is 6.17. The minimum Gasteiger partial charge on any atom is -0.462 e. The molecule has 2 aliphatic heterocycles. The zero-order valence-electron chi connectivity index (χ0n) is 15.4. The molecule has 3 atom stereocenters. The summed E-state index contributed by atoms with van der Waals surface area (Å²) in [6.07, 6.45) is 7.87. The number of hydrogen-bond donors (Lipinski definition) is 1. The van der Waals surface area contributed by atoms with Crippen LogP contribution in [0.15, 0.2) is 12.1 Å². The molecule has 0 bridgehead atoms. The molecule has 0 unspecified atom stereocenters. The molecule has 26 heavy (non-hydrogen) atoms. The highest BCUT2D eigenvalue weighted by atomic mass is 19.1. The number of fused-ring (bicyclic) bond motifs is 3. The summed E-state index contributed by atoms with van der Waals surface area (Å²) < 4.78 is 26.1. The lowest BCUT2D eigenvalue weighted by Gasteiger charge is -2.42. The van der Waals surface area contributed by atoms with Gasteiger partial charge in [-0.2, -0.15) is 0 Å². The molecule has 2 fully saturated rings. The van der Waals surface area contributed by atoms with Crippen LogP contribution in [0, 0.1) is 17.7 Å². The van der Waals surface area contributed by atoms with Crippen molar-refractivity contribution in [2.24, 2.45) is 11.8 Å². The smallest absolute Gasteiger partial charge is 0.338 e. The van der Waals surface area contributed by atoms with Gasteiger partial charge >= 0.3 is 5.97 Å². The highest BCUT2D eigenvalue weighted by Crippen LogP contribution is 2.49. The predicted molar refractivity (Wildman–Crippen MR) is 97.8 cm³/mol. The van der Waals surface area contributed by atoms with Crippen LogP contribution in [0.4, 0.5) is 10.1 Å². The van der Waals surface area contributed by atoms with E-state index in [1.807, 2.05) is 6.92 Å². The number of esters is 1. The molecule has 5 heteroatoms. The van der Waals surface area contributed by atoms with Crippen molar-refractivity contribution in [2.45, 2.75) is 64.0 Å². The van der Waals surface area contributed by atoms with Crippen LogP contribution < -0.4 is 5.32 Å². The van der Waals surface area contributed by atoms with Gasteiger partial charge in [-0.25, -0.2) is 9.18 Å². The first-order valence-corrected chi connectivity index (χ1v) is 10.1. The number of benzene rings is 1. The van der Waals surface area contributed by atoms with Crippen molar-refractivity contribution in [3.8, 4) is 0 Å². The van der Waals surface area contributed by atoms with Gasteiger partial charge in [-0.15, -0.1) is 0 Å². The van der Waals surface area contributed by atoms with Crippen molar-refractivity contribution in [2.75, 3.05) is 18.5 Å². The Labute approximate surface area is 154 Å². The van der Waals surface area contributed by atoms with E-state index in [1.165, 1.54) is 38.2 Å². The molecule has 1 aliphatic carbocycles. The first-order chi connectivity index (χ1) is 12.7. The SMILES string of the molecule is CCCOC(=O)c1cc(F)c2c(c1)[C@H]1OCC[C@H]1[C@@H](C1CCCCC1)N2. The fourth-order valence-electron chi connectivity index (χ4n) is 4.93. The van der Waals surface area contributed by atoms with Crippen LogP contribution in [0.5, 0.6) is 0 Å². The zero-order chi connectivity index (χ0) is 18.1. The van der Waals surface area contributed by atoms with Gasteiger partial charge < -0.3 is 14.8 Å². The van der Waals surface area contributed by atoms with E-state index in [0.29, 0.717) is 30.7 Å². The molecule has 1 N–H and O–H groups in total. The number of rotatable bonds is 4. The number of hydrogen-bond acceptors (Lipinski definition) is 4. The first-order valence-electron chi connectivity index (χ1n) is 10.1. The van der Waals surface area contributed by atoms with Gasteiger partial charge in [0.2, 0.25) is 0 Å². The highest BCUT2D eigenvalue weighted by Gasteiger charge is 2.45. The summed E-state index contributed by atoms with van der Waals surface area (Å²) in [5.41, 5.74) is 1.58.